The second-order valence-electron chi connectivity index (χ2n) is 7.43. The third-order valence-electron chi connectivity index (χ3n) is 5.07. The molecule has 3 heterocycles. The van der Waals surface area contributed by atoms with Gasteiger partial charge >= 0.3 is 6.03 Å². The van der Waals surface area contributed by atoms with Crippen LogP contribution in [0.3, 0.4) is 0 Å². The number of hydrogen-bond donors (Lipinski definition) is 2. The van der Waals surface area contributed by atoms with Crippen molar-refractivity contribution < 1.29 is 9.90 Å². The smallest absolute Gasteiger partial charge is 0.319 e. The Morgan fingerprint density at radius 1 is 1.36 bits per heavy atom. The van der Waals surface area contributed by atoms with Crippen LogP contribution in [0.15, 0.2) is 23.4 Å². The van der Waals surface area contributed by atoms with Crippen LogP contribution >= 0.6 is 11.9 Å². The number of urea groups is 1. The largest absolute Gasteiger partial charge is 0.375 e. The summed E-state index contributed by atoms with van der Waals surface area (Å²) in [7, 11) is 3.54. The molecule has 148 valence electrons. The number of terminal acetylenes is 1. The van der Waals surface area contributed by atoms with Crippen molar-refractivity contribution >= 4 is 29.3 Å². The molecule has 0 spiro atoms. The van der Waals surface area contributed by atoms with E-state index in [-0.39, 0.29) is 6.03 Å². The summed E-state index contributed by atoms with van der Waals surface area (Å²) in [6.07, 6.45) is 10.8. The summed E-state index contributed by atoms with van der Waals surface area (Å²) < 4.78 is 5.03. The minimum atomic E-state index is -0.762. The molecular weight excluding hydrogens is 376 g/mol. The topological polar surface area (TPSA) is 76.4 Å². The van der Waals surface area contributed by atoms with Crippen LogP contribution in [0.1, 0.15) is 18.5 Å². The molecule has 2 aromatic rings. The summed E-state index contributed by atoms with van der Waals surface area (Å²) in [6.45, 7) is 2.75. The molecule has 1 aliphatic heterocycles. The van der Waals surface area contributed by atoms with Crippen molar-refractivity contribution in [2.24, 2.45) is 0 Å². The van der Waals surface area contributed by atoms with Crippen LogP contribution in [0, 0.1) is 12.3 Å². The molecule has 1 saturated heterocycles. The Bertz CT molecular complexity index is 938. The van der Waals surface area contributed by atoms with Gasteiger partial charge in [0.15, 0.2) is 5.65 Å². The molecule has 1 aliphatic carbocycles. The van der Waals surface area contributed by atoms with Gasteiger partial charge in [0.05, 0.1) is 11.9 Å². The molecule has 2 fully saturated rings. The monoisotopic (exact) mass is 400 g/mol. The molecule has 0 atom stereocenters. The first-order valence-electron chi connectivity index (χ1n) is 9.25. The van der Waals surface area contributed by atoms with E-state index in [1.54, 1.807) is 25.2 Å². The lowest BCUT2D eigenvalue weighted by molar-refractivity contribution is 0.142. The Hall–Kier alpha value is -2.41. The van der Waals surface area contributed by atoms with Gasteiger partial charge in [0.25, 0.3) is 0 Å². The molecule has 28 heavy (non-hydrogen) atoms. The number of imidazole rings is 1. The first kappa shape index (κ1) is 18.9. The quantitative estimate of drug-likeness (QED) is 0.456. The average molecular weight is 401 g/mol. The van der Waals surface area contributed by atoms with E-state index >= 15 is 0 Å². The van der Waals surface area contributed by atoms with E-state index in [9.17, 15) is 9.90 Å². The Balaban J connectivity index is 1.59. The zero-order chi connectivity index (χ0) is 19.9. The van der Waals surface area contributed by atoms with Crippen LogP contribution in [0.25, 0.3) is 5.65 Å². The lowest BCUT2D eigenvalue weighted by atomic mass is 10.2. The van der Waals surface area contributed by atoms with Crippen LogP contribution in [0.5, 0.6) is 0 Å². The summed E-state index contributed by atoms with van der Waals surface area (Å²) in [6, 6.07) is 2.10. The van der Waals surface area contributed by atoms with Gasteiger partial charge in [-0.2, -0.15) is 0 Å². The Morgan fingerprint density at radius 3 is 2.68 bits per heavy atom. The number of anilines is 1. The van der Waals surface area contributed by atoms with E-state index in [2.05, 4.69) is 26.6 Å². The molecule has 0 radical (unpaired) electrons. The molecule has 0 bridgehead atoms. The van der Waals surface area contributed by atoms with Crippen LogP contribution in [-0.2, 0) is 0 Å². The number of fused-ring (bicyclic) bond motifs is 1. The number of rotatable bonds is 4. The fourth-order valence-electron chi connectivity index (χ4n) is 3.24. The zero-order valence-electron chi connectivity index (χ0n) is 16.1. The fourth-order valence-corrected chi connectivity index (χ4v) is 4.08. The van der Waals surface area contributed by atoms with E-state index < -0.39 is 5.72 Å². The number of aromatic nitrogens is 2. The predicted molar refractivity (Wildman–Crippen MR) is 109 cm³/mol. The van der Waals surface area contributed by atoms with E-state index in [1.165, 1.54) is 11.9 Å². The van der Waals surface area contributed by atoms with Gasteiger partial charge in [-0.3, -0.25) is 4.40 Å². The number of nitrogens with one attached hydrogen (secondary N) is 1. The second kappa shape index (κ2) is 7.20. The van der Waals surface area contributed by atoms with Gasteiger partial charge in [-0.15, -0.1) is 6.42 Å². The van der Waals surface area contributed by atoms with Crippen LogP contribution in [0.2, 0.25) is 0 Å². The minimum Gasteiger partial charge on any atom is -0.375 e. The van der Waals surface area contributed by atoms with Gasteiger partial charge in [-0.1, -0.05) is 5.92 Å². The Labute approximate surface area is 168 Å². The standard InChI is InChI=1S/C19H24N6O2S/c1-4-14-12-20-17-16(23-7-9-24(10-8-23)18(26)22(2)3)11-15(13-25(14)17)28-21-19(27)5-6-19/h1,11-13,21,27H,5-10H2,2-3H3. The number of aliphatic hydroxyl groups is 1. The predicted octanol–water partition coefficient (Wildman–Crippen LogP) is 1.20. The summed E-state index contributed by atoms with van der Waals surface area (Å²) in [5, 5.41) is 10.1. The summed E-state index contributed by atoms with van der Waals surface area (Å²) in [5.74, 6) is 2.67. The molecule has 9 heteroatoms. The van der Waals surface area contributed by atoms with Gasteiger partial charge in [0.1, 0.15) is 11.4 Å². The molecular formula is C19H24N6O2S. The van der Waals surface area contributed by atoms with Crippen LogP contribution in [0.4, 0.5) is 10.5 Å². The van der Waals surface area contributed by atoms with Crippen molar-refractivity contribution in [2.45, 2.75) is 23.5 Å². The molecule has 0 unspecified atom stereocenters. The first-order chi connectivity index (χ1) is 13.4. The van der Waals surface area contributed by atoms with Gasteiger partial charge in [0, 0.05) is 51.4 Å². The highest BCUT2D eigenvalue weighted by Gasteiger charge is 2.40. The summed E-state index contributed by atoms with van der Waals surface area (Å²) in [5.41, 5.74) is 1.70. The highest BCUT2D eigenvalue weighted by molar-refractivity contribution is 7.97. The SMILES string of the molecule is C#Cc1cnc2c(N3CCN(C(=O)N(C)C)CC3)cc(SNC3(O)CC3)cn12. The van der Waals surface area contributed by atoms with Crippen molar-refractivity contribution in [2.75, 3.05) is 45.2 Å². The minimum absolute atomic E-state index is 0.0337. The molecule has 0 aromatic carbocycles. The molecule has 2 amide bonds. The van der Waals surface area contributed by atoms with Gasteiger partial charge in [0.2, 0.25) is 0 Å². The van der Waals surface area contributed by atoms with E-state index in [4.69, 9.17) is 6.42 Å². The van der Waals surface area contributed by atoms with Crippen molar-refractivity contribution in [1.82, 2.24) is 23.9 Å². The third-order valence-corrected chi connectivity index (χ3v) is 6.01. The van der Waals surface area contributed by atoms with Crippen molar-refractivity contribution in [3.8, 4) is 12.3 Å². The van der Waals surface area contributed by atoms with Gasteiger partial charge < -0.3 is 19.8 Å². The maximum absolute atomic E-state index is 12.2. The number of amides is 2. The van der Waals surface area contributed by atoms with E-state index in [1.807, 2.05) is 15.5 Å². The average Bonchev–Trinajstić information content (AvgIpc) is 3.30. The number of carbonyl (C=O) groups excluding carboxylic acids is 1. The van der Waals surface area contributed by atoms with Crippen molar-refractivity contribution in [1.29, 1.82) is 0 Å². The number of hydrogen-bond acceptors (Lipinski definition) is 6. The van der Waals surface area contributed by atoms with Gasteiger partial charge in [-0.05, 0) is 30.9 Å². The molecule has 8 nitrogen and oxygen atoms in total. The number of nitrogens with zero attached hydrogens (tertiary/aromatic N) is 5. The summed E-state index contributed by atoms with van der Waals surface area (Å²) >= 11 is 1.40. The van der Waals surface area contributed by atoms with Gasteiger partial charge in [-0.25, -0.2) is 14.5 Å². The zero-order valence-corrected chi connectivity index (χ0v) is 16.9. The van der Waals surface area contributed by atoms with E-state index in [0.717, 1.165) is 42.2 Å². The van der Waals surface area contributed by atoms with Crippen molar-refractivity contribution in [3.63, 3.8) is 0 Å². The molecule has 4 rings (SSSR count). The molecule has 1 saturated carbocycles. The van der Waals surface area contributed by atoms with Crippen LogP contribution < -0.4 is 9.62 Å². The number of pyridine rings is 1. The van der Waals surface area contributed by atoms with E-state index in [0.29, 0.717) is 18.8 Å². The van der Waals surface area contributed by atoms with Crippen LogP contribution in [-0.4, -0.2) is 76.3 Å². The highest BCUT2D eigenvalue weighted by Crippen LogP contribution is 2.36. The maximum Gasteiger partial charge on any atom is 0.319 e. The first-order valence-corrected chi connectivity index (χ1v) is 10.1. The Morgan fingerprint density at radius 2 is 2.07 bits per heavy atom. The normalized spacial score (nSPS) is 18.2. The number of piperazine rings is 1. The highest BCUT2D eigenvalue weighted by atomic mass is 32.2. The summed E-state index contributed by atoms with van der Waals surface area (Å²) in [4.78, 5) is 23.4. The number of carbonyl (C=O) groups is 1. The Kier molecular flexibility index (Phi) is 4.87. The second-order valence-corrected chi connectivity index (χ2v) is 8.31. The van der Waals surface area contributed by atoms with Crippen molar-refractivity contribution in [3.05, 3.63) is 24.2 Å². The molecule has 2 aromatic heterocycles. The maximum atomic E-state index is 12.2. The lowest BCUT2D eigenvalue weighted by Gasteiger charge is -2.37. The third kappa shape index (κ3) is 3.63. The fraction of sp³-hybridized carbons (Fsp3) is 0.474. The molecule has 2 aliphatic rings. The lowest BCUT2D eigenvalue weighted by Crippen LogP contribution is -2.51. The molecule has 2 N–H and O–H groups in total.